The Balaban J connectivity index is 1.25. The molecule has 2 aromatic rings. The topological polar surface area (TPSA) is 82.1 Å². The molecule has 1 amide bonds. The summed E-state index contributed by atoms with van der Waals surface area (Å²) in [5.74, 6) is -0.739. The van der Waals surface area contributed by atoms with E-state index in [0.29, 0.717) is 19.4 Å². The van der Waals surface area contributed by atoms with E-state index in [1.165, 1.54) is 16.0 Å². The first-order chi connectivity index (χ1) is 17.7. The fourth-order valence-electron chi connectivity index (χ4n) is 4.91. The lowest BCUT2D eigenvalue weighted by molar-refractivity contribution is -0.154. The minimum Gasteiger partial charge on any atom is -0.460 e. The molecule has 1 atom stereocenters. The molecule has 4 rings (SSSR count). The number of carbonyl (C=O) groups excluding carboxylic acids is 3. The van der Waals surface area contributed by atoms with Crippen LogP contribution in [0.5, 0.6) is 0 Å². The van der Waals surface area contributed by atoms with Crippen molar-refractivity contribution in [1.29, 1.82) is 0 Å². The van der Waals surface area contributed by atoms with E-state index in [-0.39, 0.29) is 31.5 Å². The van der Waals surface area contributed by atoms with Gasteiger partial charge in [-0.15, -0.1) is 0 Å². The first-order valence-electron chi connectivity index (χ1n) is 12.9. The van der Waals surface area contributed by atoms with Crippen LogP contribution in [0.25, 0.3) is 11.1 Å². The number of benzene rings is 2. The van der Waals surface area contributed by atoms with Crippen LogP contribution in [0.1, 0.15) is 63.5 Å². The third-order valence-electron chi connectivity index (χ3n) is 6.52. The summed E-state index contributed by atoms with van der Waals surface area (Å²) in [6.45, 7) is 6.25. The zero-order chi connectivity index (χ0) is 26.4. The molecule has 1 aliphatic carbocycles. The summed E-state index contributed by atoms with van der Waals surface area (Å²) in [6.07, 6.45) is 5.03. The minimum absolute atomic E-state index is 0.0322. The summed E-state index contributed by atoms with van der Waals surface area (Å²) in [6, 6.07) is 15.7. The Morgan fingerprint density at radius 2 is 1.59 bits per heavy atom. The van der Waals surface area contributed by atoms with E-state index in [9.17, 15) is 14.4 Å². The van der Waals surface area contributed by atoms with E-state index in [4.69, 9.17) is 14.2 Å². The van der Waals surface area contributed by atoms with Crippen LogP contribution in [0.3, 0.4) is 0 Å². The molecule has 0 N–H and O–H groups in total. The molecular formula is C30H35NO6. The Bertz CT molecular complexity index is 1120. The summed E-state index contributed by atoms with van der Waals surface area (Å²) in [5.41, 5.74) is 4.12. The number of fused-ring (bicyclic) bond motifs is 3. The van der Waals surface area contributed by atoms with Crippen molar-refractivity contribution in [3.63, 3.8) is 0 Å². The molecule has 37 heavy (non-hydrogen) atoms. The highest BCUT2D eigenvalue weighted by atomic mass is 16.6. The third kappa shape index (κ3) is 6.59. The molecule has 0 radical (unpaired) electrons. The number of nitrogens with zero attached hydrogens (tertiary/aromatic N) is 1. The van der Waals surface area contributed by atoms with E-state index < -0.39 is 23.7 Å². The van der Waals surface area contributed by atoms with Crippen molar-refractivity contribution >= 4 is 18.0 Å². The van der Waals surface area contributed by atoms with Crippen LogP contribution in [0.4, 0.5) is 4.79 Å². The van der Waals surface area contributed by atoms with Crippen molar-refractivity contribution in [2.45, 2.75) is 64.0 Å². The molecule has 1 heterocycles. The van der Waals surface area contributed by atoms with Gasteiger partial charge < -0.3 is 14.2 Å². The number of esters is 2. The number of likely N-dealkylation sites (tertiary alicyclic amines) is 1. The quantitative estimate of drug-likeness (QED) is 0.263. The summed E-state index contributed by atoms with van der Waals surface area (Å²) in [5, 5.41) is 0. The lowest BCUT2D eigenvalue weighted by Gasteiger charge is -2.23. The van der Waals surface area contributed by atoms with E-state index in [1.54, 1.807) is 12.2 Å². The SMILES string of the molecule is CC(C)(C)OC(=O)CC/C=C/COC(=O)[C@@H]1CCCN1C(=O)OCC1c2ccccc2-c2ccccc21. The summed E-state index contributed by atoms with van der Waals surface area (Å²) >= 11 is 0. The number of carbonyl (C=O) groups is 3. The molecule has 0 unspecified atom stereocenters. The van der Waals surface area contributed by atoms with E-state index in [0.717, 1.165) is 17.5 Å². The van der Waals surface area contributed by atoms with Crippen LogP contribution in [-0.4, -0.2) is 54.3 Å². The lowest BCUT2D eigenvalue weighted by Crippen LogP contribution is -2.42. The van der Waals surface area contributed by atoms with Crippen LogP contribution in [0.2, 0.25) is 0 Å². The van der Waals surface area contributed by atoms with E-state index in [2.05, 4.69) is 24.3 Å². The standard InChI is InChI=1S/C30H35NO6/c1-30(2,3)37-27(32)17-5-4-10-19-35-28(33)26-16-11-18-31(26)29(34)36-20-25-23-14-8-6-12-21(23)22-13-7-9-15-24(22)25/h4,6-10,12-15,25-26H,5,11,16-20H2,1-3H3/b10-4+/t26-/m0/s1. The maximum absolute atomic E-state index is 13.0. The molecule has 196 valence electrons. The van der Waals surface area contributed by atoms with E-state index in [1.807, 2.05) is 45.0 Å². The number of hydrogen-bond donors (Lipinski definition) is 0. The summed E-state index contributed by atoms with van der Waals surface area (Å²) in [4.78, 5) is 38.8. The molecular weight excluding hydrogens is 470 g/mol. The average molecular weight is 506 g/mol. The maximum atomic E-state index is 13.0. The Kier molecular flexibility index (Phi) is 8.31. The van der Waals surface area contributed by atoms with Crippen LogP contribution < -0.4 is 0 Å². The highest BCUT2D eigenvalue weighted by molar-refractivity contribution is 5.82. The van der Waals surface area contributed by atoms with Crippen LogP contribution >= 0.6 is 0 Å². The van der Waals surface area contributed by atoms with E-state index >= 15 is 0 Å². The molecule has 1 aliphatic heterocycles. The zero-order valence-electron chi connectivity index (χ0n) is 21.8. The fourth-order valence-corrected chi connectivity index (χ4v) is 4.91. The number of hydrogen-bond acceptors (Lipinski definition) is 6. The van der Waals surface area contributed by atoms with Gasteiger partial charge in [0.15, 0.2) is 0 Å². The van der Waals surface area contributed by atoms with Crippen molar-refractivity contribution in [3.05, 3.63) is 71.8 Å². The smallest absolute Gasteiger partial charge is 0.410 e. The lowest BCUT2D eigenvalue weighted by atomic mass is 9.98. The van der Waals surface area contributed by atoms with Gasteiger partial charge >= 0.3 is 18.0 Å². The van der Waals surface area contributed by atoms with Crippen molar-refractivity contribution in [2.75, 3.05) is 19.8 Å². The average Bonchev–Trinajstić information content (AvgIpc) is 3.47. The number of amides is 1. The van der Waals surface area contributed by atoms with Gasteiger partial charge in [0.2, 0.25) is 0 Å². The second-order valence-electron chi connectivity index (χ2n) is 10.4. The summed E-state index contributed by atoms with van der Waals surface area (Å²) in [7, 11) is 0. The van der Waals surface area contributed by atoms with Gasteiger partial charge in [-0.3, -0.25) is 9.69 Å². The molecule has 7 heteroatoms. The van der Waals surface area contributed by atoms with Gasteiger partial charge in [-0.25, -0.2) is 9.59 Å². The zero-order valence-corrected chi connectivity index (χ0v) is 21.8. The monoisotopic (exact) mass is 505 g/mol. The van der Waals surface area contributed by atoms with Crippen LogP contribution in [0.15, 0.2) is 60.7 Å². The molecule has 1 saturated heterocycles. The molecule has 0 saturated carbocycles. The molecule has 0 bridgehead atoms. The molecule has 1 fully saturated rings. The van der Waals surface area contributed by atoms with Gasteiger partial charge in [-0.1, -0.05) is 60.7 Å². The third-order valence-corrected chi connectivity index (χ3v) is 6.52. The second kappa shape index (κ2) is 11.6. The Morgan fingerprint density at radius 3 is 2.24 bits per heavy atom. The number of allylic oxidation sites excluding steroid dienone is 1. The van der Waals surface area contributed by atoms with Gasteiger partial charge in [-0.05, 0) is 62.3 Å². The number of rotatable bonds is 8. The Morgan fingerprint density at radius 1 is 0.946 bits per heavy atom. The van der Waals surface area contributed by atoms with Gasteiger partial charge in [0, 0.05) is 18.9 Å². The molecule has 0 spiro atoms. The van der Waals surface area contributed by atoms with Crippen LogP contribution in [0, 0.1) is 0 Å². The Hall–Kier alpha value is -3.61. The molecule has 2 aliphatic rings. The van der Waals surface area contributed by atoms with Crippen molar-refractivity contribution in [1.82, 2.24) is 4.90 Å². The minimum atomic E-state index is -0.647. The highest BCUT2D eigenvalue weighted by Gasteiger charge is 2.37. The first-order valence-corrected chi connectivity index (χ1v) is 12.9. The van der Waals surface area contributed by atoms with Crippen molar-refractivity contribution < 1.29 is 28.6 Å². The molecule has 2 aromatic carbocycles. The van der Waals surface area contributed by atoms with Crippen LogP contribution in [-0.2, 0) is 23.8 Å². The van der Waals surface area contributed by atoms with Gasteiger partial charge in [-0.2, -0.15) is 0 Å². The first kappa shape index (κ1) is 26.5. The normalized spacial score (nSPS) is 16.9. The maximum Gasteiger partial charge on any atom is 0.410 e. The second-order valence-corrected chi connectivity index (χ2v) is 10.4. The molecule has 0 aromatic heterocycles. The fraction of sp³-hybridized carbons (Fsp3) is 0.433. The van der Waals surface area contributed by atoms with Gasteiger partial charge in [0.25, 0.3) is 0 Å². The highest BCUT2D eigenvalue weighted by Crippen LogP contribution is 2.44. The predicted octanol–water partition coefficient (Wildman–Crippen LogP) is 5.62. The predicted molar refractivity (Wildman–Crippen MR) is 140 cm³/mol. The Labute approximate surface area is 218 Å². The molecule has 7 nitrogen and oxygen atoms in total. The largest absolute Gasteiger partial charge is 0.460 e. The van der Waals surface area contributed by atoms with Crippen molar-refractivity contribution in [3.8, 4) is 11.1 Å². The van der Waals surface area contributed by atoms with Gasteiger partial charge in [0.1, 0.15) is 24.9 Å². The number of ether oxygens (including phenoxy) is 3. The van der Waals surface area contributed by atoms with Crippen molar-refractivity contribution in [2.24, 2.45) is 0 Å². The van der Waals surface area contributed by atoms with Gasteiger partial charge in [0.05, 0.1) is 0 Å². The summed E-state index contributed by atoms with van der Waals surface area (Å²) < 4.78 is 16.4.